The van der Waals surface area contributed by atoms with Gasteiger partial charge < -0.3 is 11.5 Å². The molecule has 0 bridgehead atoms. The summed E-state index contributed by atoms with van der Waals surface area (Å²) >= 11 is 0. The second-order valence-electron chi connectivity index (χ2n) is 5.12. The summed E-state index contributed by atoms with van der Waals surface area (Å²) in [5.74, 6) is 0. The molecule has 1 aliphatic rings. The first-order valence-corrected chi connectivity index (χ1v) is 5.67. The van der Waals surface area contributed by atoms with Gasteiger partial charge in [-0.25, -0.2) is 0 Å². The largest absolute Gasteiger partial charge is 0.398 e. The molecule has 0 atom stereocenters. The standard InChI is InChI=1S/C13H20N2/c1-4-8-9-5-6-13(2,3)12(9)11(15)7-10(8)14/h7H,4-6,14-15H2,1-3H3. The maximum atomic E-state index is 6.09. The number of hydrogen-bond acceptors (Lipinski definition) is 2. The molecule has 82 valence electrons. The molecule has 0 fully saturated rings. The molecule has 0 unspecified atom stereocenters. The van der Waals surface area contributed by atoms with Crippen molar-refractivity contribution in [3.05, 3.63) is 22.8 Å². The monoisotopic (exact) mass is 204 g/mol. The highest BCUT2D eigenvalue weighted by molar-refractivity contribution is 5.68. The van der Waals surface area contributed by atoms with Crippen molar-refractivity contribution in [3.8, 4) is 0 Å². The van der Waals surface area contributed by atoms with Crippen LogP contribution in [0.3, 0.4) is 0 Å². The quantitative estimate of drug-likeness (QED) is 0.691. The Kier molecular flexibility index (Phi) is 2.18. The average molecular weight is 204 g/mol. The van der Waals surface area contributed by atoms with Gasteiger partial charge in [-0.1, -0.05) is 20.8 Å². The van der Waals surface area contributed by atoms with Crippen molar-refractivity contribution in [2.45, 2.75) is 45.4 Å². The predicted molar refractivity (Wildman–Crippen MR) is 66.0 cm³/mol. The first-order valence-electron chi connectivity index (χ1n) is 5.67. The number of nitrogens with two attached hydrogens (primary N) is 2. The third-order valence-corrected chi connectivity index (χ3v) is 3.64. The number of hydrogen-bond donors (Lipinski definition) is 2. The zero-order valence-electron chi connectivity index (χ0n) is 9.85. The van der Waals surface area contributed by atoms with Crippen molar-refractivity contribution in [2.24, 2.45) is 0 Å². The van der Waals surface area contributed by atoms with Crippen molar-refractivity contribution < 1.29 is 0 Å². The normalized spacial score (nSPS) is 17.8. The fraction of sp³-hybridized carbons (Fsp3) is 0.538. The van der Waals surface area contributed by atoms with Crippen molar-refractivity contribution in [2.75, 3.05) is 11.5 Å². The van der Waals surface area contributed by atoms with Crippen LogP contribution in [0.25, 0.3) is 0 Å². The Labute approximate surface area is 91.7 Å². The van der Waals surface area contributed by atoms with E-state index in [1.807, 2.05) is 6.07 Å². The van der Waals surface area contributed by atoms with Crippen LogP contribution in [-0.2, 0) is 18.3 Å². The summed E-state index contributed by atoms with van der Waals surface area (Å²) in [6, 6.07) is 1.94. The van der Waals surface area contributed by atoms with E-state index in [9.17, 15) is 0 Å². The third kappa shape index (κ3) is 1.39. The highest BCUT2D eigenvalue weighted by atomic mass is 14.6. The van der Waals surface area contributed by atoms with Crippen LogP contribution >= 0.6 is 0 Å². The predicted octanol–water partition coefficient (Wildman–Crippen LogP) is 2.64. The molecular formula is C13H20N2. The fourth-order valence-corrected chi connectivity index (χ4v) is 2.88. The lowest BCUT2D eigenvalue weighted by molar-refractivity contribution is 0.524. The number of benzene rings is 1. The van der Waals surface area contributed by atoms with E-state index in [4.69, 9.17) is 11.5 Å². The average Bonchev–Trinajstić information content (AvgIpc) is 2.43. The third-order valence-electron chi connectivity index (χ3n) is 3.64. The molecule has 2 nitrogen and oxygen atoms in total. The zero-order valence-corrected chi connectivity index (χ0v) is 9.85. The second kappa shape index (κ2) is 3.16. The topological polar surface area (TPSA) is 52.0 Å². The maximum absolute atomic E-state index is 6.09. The minimum Gasteiger partial charge on any atom is -0.398 e. The molecule has 1 aromatic rings. The first kappa shape index (κ1) is 10.3. The van der Waals surface area contributed by atoms with Crippen LogP contribution < -0.4 is 11.5 Å². The van der Waals surface area contributed by atoms with Crippen LogP contribution in [0.2, 0.25) is 0 Å². The van der Waals surface area contributed by atoms with Gasteiger partial charge in [0, 0.05) is 11.4 Å². The minimum absolute atomic E-state index is 0.219. The van der Waals surface area contributed by atoms with E-state index < -0.39 is 0 Å². The van der Waals surface area contributed by atoms with Gasteiger partial charge in [-0.2, -0.15) is 0 Å². The van der Waals surface area contributed by atoms with Gasteiger partial charge in [0.25, 0.3) is 0 Å². The number of anilines is 2. The van der Waals surface area contributed by atoms with Crippen molar-refractivity contribution in [1.29, 1.82) is 0 Å². The molecule has 0 saturated heterocycles. The van der Waals surface area contributed by atoms with Gasteiger partial charge in [-0.05, 0) is 47.4 Å². The molecule has 0 heterocycles. The Balaban J connectivity index is 2.72. The van der Waals surface area contributed by atoms with Gasteiger partial charge in [0.2, 0.25) is 0 Å². The van der Waals surface area contributed by atoms with Crippen LogP contribution in [0.15, 0.2) is 6.07 Å². The molecule has 2 rings (SSSR count). The maximum Gasteiger partial charge on any atom is 0.0375 e. The zero-order chi connectivity index (χ0) is 11.2. The Morgan fingerprint density at radius 1 is 1.27 bits per heavy atom. The Bertz CT molecular complexity index is 405. The van der Waals surface area contributed by atoms with Gasteiger partial charge in [0.05, 0.1) is 0 Å². The molecule has 0 spiro atoms. The fourth-order valence-electron chi connectivity index (χ4n) is 2.88. The highest BCUT2D eigenvalue weighted by Crippen LogP contribution is 2.44. The lowest BCUT2D eigenvalue weighted by Gasteiger charge is -2.22. The summed E-state index contributed by atoms with van der Waals surface area (Å²) in [7, 11) is 0. The smallest absolute Gasteiger partial charge is 0.0375 e. The van der Waals surface area contributed by atoms with Crippen LogP contribution in [0.1, 0.15) is 43.9 Å². The van der Waals surface area contributed by atoms with Gasteiger partial charge in [0.15, 0.2) is 0 Å². The molecule has 1 aliphatic carbocycles. The summed E-state index contributed by atoms with van der Waals surface area (Å²) in [6.07, 6.45) is 3.31. The SMILES string of the molecule is CCc1c(N)cc(N)c2c1CCC2(C)C. The lowest BCUT2D eigenvalue weighted by Crippen LogP contribution is -2.15. The number of fused-ring (bicyclic) bond motifs is 1. The molecule has 2 heteroatoms. The summed E-state index contributed by atoms with van der Waals surface area (Å²) in [6.45, 7) is 6.70. The van der Waals surface area contributed by atoms with Gasteiger partial charge >= 0.3 is 0 Å². The van der Waals surface area contributed by atoms with Crippen molar-refractivity contribution in [3.63, 3.8) is 0 Å². The van der Waals surface area contributed by atoms with Gasteiger partial charge in [-0.15, -0.1) is 0 Å². The summed E-state index contributed by atoms with van der Waals surface area (Å²) in [5, 5.41) is 0. The van der Waals surface area contributed by atoms with E-state index in [1.165, 1.54) is 23.1 Å². The van der Waals surface area contributed by atoms with E-state index in [-0.39, 0.29) is 5.41 Å². The van der Waals surface area contributed by atoms with Gasteiger partial charge in [-0.3, -0.25) is 0 Å². The molecule has 4 N–H and O–H groups in total. The van der Waals surface area contributed by atoms with Crippen LogP contribution in [0.4, 0.5) is 11.4 Å². The molecule has 0 saturated carbocycles. The van der Waals surface area contributed by atoms with E-state index in [0.29, 0.717) is 0 Å². The molecular weight excluding hydrogens is 184 g/mol. The molecule has 0 aromatic heterocycles. The van der Waals surface area contributed by atoms with E-state index >= 15 is 0 Å². The molecule has 0 radical (unpaired) electrons. The summed E-state index contributed by atoms with van der Waals surface area (Å²) in [5.41, 5.74) is 18.1. The van der Waals surface area contributed by atoms with Crippen molar-refractivity contribution >= 4 is 11.4 Å². The lowest BCUT2D eigenvalue weighted by atomic mass is 9.84. The minimum atomic E-state index is 0.219. The number of rotatable bonds is 1. The number of nitrogen functional groups attached to an aromatic ring is 2. The summed E-state index contributed by atoms with van der Waals surface area (Å²) in [4.78, 5) is 0. The Morgan fingerprint density at radius 2 is 1.93 bits per heavy atom. The van der Waals surface area contributed by atoms with E-state index in [0.717, 1.165) is 24.2 Å². The first-order chi connectivity index (χ1) is 6.97. The van der Waals surface area contributed by atoms with Crippen LogP contribution in [0.5, 0.6) is 0 Å². The molecule has 0 amide bonds. The van der Waals surface area contributed by atoms with Gasteiger partial charge in [0.1, 0.15) is 0 Å². The Morgan fingerprint density at radius 3 is 2.53 bits per heavy atom. The van der Waals surface area contributed by atoms with Crippen LogP contribution in [0, 0.1) is 0 Å². The Hall–Kier alpha value is -1.18. The second-order valence-corrected chi connectivity index (χ2v) is 5.12. The molecule has 1 aromatic carbocycles. The molecule has 0 aliphatic heterocycles. The van der Waals surface area contributed by atoms with Crippen LogP contribution in [-0.4, -0.2) is 0 Å². The van der Waals surface area contributed by atoms with Crippen molar-refractivity contribution in [1.82, 2.24) is 0 Å². The van der Waals surface area contributed by atoms with E-state index in [2.05, 4.69) is 20.8 Å². The summed E-state index contributed by atoms with van der Waals surface area (Å²) < 4.78 is 0. The molecule has 15 heavy (non-hydrogen) atoms. The highest BCUT2D eigenvalue weighted by Gasteiger charge is 2.33. The van der Waals surface area contributed by atoms with E-state index in [1.54, 1.807) is 0 Å².